The molecule has 1 aromatic heterocycles. The van der Waals surface area contributed by atoms with E-state index in [4.69, 9.17) is 10.00 Å². The summed E-state index contributed by atoms with van der Waals surface area (Å²) in [6, 6.07) is 3.59. The van der Waals surface area contributed by atoms with Gasteiger partial charge in [-0.15, -0.1) is 0 Å². The molecule has 5 heteroatoms. The molecule has 0 aromatic carbocycles. The van der Waals surface area contributed by atoms with Gasteiger partial charge in [0.1, 0.15) is 6.07 Å². The summed E-state index contributed by atoms with van der Waals surface area (Å²) in [7, 11) is 1.77. The van der Waals surface area contributed by atoms with Crippen LogP contribution in [0.1, 0.15) is 28.8 Å². The molecule has 2 heterocycles. The SMILES string of the molecule is CN(CC1CCOCC1)C(=O)c1cnccc1C#N. The van der Waals surface area contributed by atoms with Crippen molar-refractivity contribution in [1.82, 2.24) is 9.88 Å². The van der Waals surface area contributed by atoms with Crippen LogP contribution in [0.2, 0.25) is 0 Å². The van der Waals surface area contributed by atoms with Gasteiger partial charge in [-0.3, -0.25) is 9.78 Å². The van der Waals surface area contributed by atoms with Gasteiger partial charge in [-0.05, 0) is 24.8 Å². The van der Waals surface area contributed by atoms with Crippen molar-refractivity contribution in [2.24, 2.45) is 5.92 Å². The van der Waals surface area contributed by atoms with Crippen molar-refractivity contribution in [2.45, 2.75) is 12.8 Å². The first kappa shape index (κ1) is 13.5. The summed E-state index contributed by atoms with van der Waals surface area (Å²) in [6.45, 7) is 2.23. The molecule has 100 valence electrons. The maximum absolute atomic E-state index is 12.3. The molecule has 1 fully saturated rings. The molecule has 0 N–H and O–H groups in total. The Hall–Kier alpha value is -1.93. The minimum Gasteiger partial charge on any atom is -0.381 e. The van der Waals surface area contributed by atoms with E-state index in [2.05, 4.69) is 4.98 Å². The van der Waals surface area contributed by atoms with E-state index < -0.39 is 0 Å². The number of carbonyl (C=O) groups excluding carboxylic acids is 1. The third kappa shape index (κ3) is 3.30. The molecule has 0 unspecified atom stereocenters. The third-order valence-corrected chi connectivity index (χ3v) is 3.39. The highest BCUT2D eigenvalue weighted by Gasteiger charge is 2.21. The molecule has 1 aliphatic rings. The summed E-state index contributed by atoms with van der Waals surface area (Å²) < 4.78 is 5.31. The second kappa shape index (κ2) is 6.30. The predicted octanol–water partition coefficient (Wildman–Crippen LogP) is 1.45. The summed E-state index contributed by atoms with van der Waals surface area (Å²) in [5, 5.41) is 9.01. The molecular weight excluding hydrogens is 242 g/mol. The maximum Gasteiger partial charge on any atom is 0.256 e. The number of aromatic nitrogens is 1. The number of amides is 1. The highest BCUT2D eigenvalue weighted by atomic mass is 16.5. The molecule has 1 saturated heterocycles. The average molecular weight is 259 g/mol. The first-order valence-corrected chi connectivity index (χ1v) is 6.39. The second-order valence-corrected chi connectivity index (χ2v) is 4.77. The van der Waals surface area contributed by atoms with Gasteiger partial charge in [-0.25, -0.2) is 0 Å². The summed E-state index contributed by atoms with van der Waals surface area (Å²) in [6.07, 6.45) is 4.95. The van der Waals surface area contributed by atoms with Gasteiger partial charge in [-0.2, -0.15) is 5.26 Å². The largest absolute Gasteiger partial charge is 0.381 e. The van der Waals surface area contributed by atoms with Gasteiger partial charge in [-0.1, -0.05) is 0 Å². The highest BCUT2D eigenvalue weighted by Crippen LogP contribution is 2.17. The van der Waals surface area contributed by atoms with E-state index in [9.17, 15) is 4.79 Å². The molecule has 19 heavy (non-hydrogen) atoms. The van der Waals surface area contributed by atoms with Crippen molar-refractivity contribution in [1.29, 1.82) is 5.26 Å². The molecule has 2 rings (SSSR count). The van der Waals surface area contributed by atoms with E-state index in [-0.39, 0.29) is 5.91 Å². The average Bonchev–Trinajstić information content (AvgIpc) is 2.47. The Morgan fingerprint density at radius 2 is 2.32 bits per heavy atom. The Morgan fingerprint density at radius 1 is 1.58 bits per heavy atom. The van der Waals surface area contributed by atoms with E-state index in [1.165, 1.54) is 12.4 Å². The zero-order valence-electron chi connectivity index (χ0n) is 11.0. The minimum atomic E-state index is -0.142. The summed E-state index contributed by atoms with van der Waals surface area (Å²) in [5.41, 5.74) is 0.749. The zero-order chi connectivity index (χ0) is 13.7. The smallest absolute Gasteiger partial charge is 0.256 e. The van der Waals surface area contributed by atoms with Crippen LogP contribution in [0.25, 0.3) is 0 Å². The summed E-state index contributed by atoms with van der Waals surface area (Å²) >= 11 is 0. The van der Waals surface area contributed by atoms with Gasteiger partial charge in [0.15, 0.2) is 0 Å². The summed E-state index contributed by atoms with van der Waals surface area (Å²) in [5.74, 6) is 0.334. The van der Waals surface area contributed by atoms with Crippen molar-refractivity contribution in [2.75, 3.05) is 26.8 Å². The molecule has 1 aromatic rings. The summed E-state index contributed by atoms with van der Waals surface area (Å²) in [4.78, 5) is 17.9. The van der Waals surface area contributed by atoms with Gasteiger partial charge in [0, 0.05) is 39.2 Å². The number of nitriles is 1. The monoisotopic (exact) mass is 259 g/mol. The van der Waals surface area contributed by atoms with Crippen molar-refractivity contribution < 1.29 is 9.53 Å². The van der Waals surface area contributed by atoms with Crippen molar-refractivity contribution in [3.05, 3.63) is 29.6 Å². The normalized spacial score (nSPS) is 15.8. The number of hydrogen-bond acceptors (Lipinski definition) is 4. The number of rotatable bonds is 3. The number of nitrogens with zero attached hydrogens (tertiary/aromatic N) is 3. The fourth-order valence-electron chi connectivity index (χ4n) is 2.27. The van der Waals surface area contributed by atoms with Gasteiger partial charge < -0.3 is 9.64 Å². The lowest BCUT2D eigenvalue weighted by Gasteiger charge is -2.27. The third-order valence-electron chi connectivity index (χ3n) is 3.39. The number of ether oxygens (including phenoxy) is 1. The van der Waals surface area contributed by atoms with Gasteiger partial charge >= 0.3 is 0 Å². The van der Waals surface area contributed by atoms with E-state index in [0.29, 0.717) is 23.6 Å². The lowest BCUT2D eigenvalue weighted by atomic mass is 9.99. The lowest BCUT2D eigenvalue weighted by molar-refractivity contribution is 0.0497. The number of pyridine rings is 1. The van der Waals surface area contributed by atoms with Crippen LogP contribution in [0.3, 0.4) is 0 Å². The van der Waals surface area contributed by atoms with Crippen LogP contribution in [0.15, 0.2) is 18.5 Å². The molecule has 0 spiro atoms. The zero-order valence-corrected chi connectivity index (χ0v) is 11.0. The van der Waals surface area contributed by atoms with Crippen LogP contribution >= 0.6 is 0 Å². The van der Waals surface area contributed by atoms with Crippen LogP contribution in [-0.4, -0.2) is 42.6 Å². The van der Waals surface area contributed by atoms with Crippen LogP contribution in [0.5, 0.6) is 0 Å². The topological polar surface area (TPSA) is 66.2 Å². The Labute approximate surface area is 112 Å². The molecule has 0 bridgehead atoms. The van der Waals surface area contributed by atoms with Gasteiger partial charge in [0.2, 0.25) is 0 Å². The fourth-order valence-corrected chi connectivity index (χ4v) is 2.27. The quantitative estimate of drug-likeness (QED) is 0.824. The molecule has 5 nitrogen and oxygen atoms in total. The number of carbonyl (C=O) groups is 1. The van der Waals surface area contributed by atoms with Gasteiger partial charge in [0.25, 0.3) is 5.91 Å². The molecule has 1 amide bonds. The van der Waals surface area contributed by atoms with Crippen LogP contribution in [0.4, 0.5) is 0 Å². The van der Waals surface area contributed by atoms with Crippen LogP contribution < -0.4 is 0 Å². The van der Waals surface area contributed by atoms with Crippen molar-refractivity contribution in [3.8, 4) is 6.07 Å². The predicted molar refractivity (Wildman–Crippen MR) is 69.5 cm³/mol. The Bertz CT molecular complexity index is 490. The van der Waals surface area contributed by atoms with Crippen LogP contribution in [-0.2, 0) is 4.74 Å². The van der Waals surface area contributed by atoms with Crippen molar-refractivity contribution in [3.63, 3.8) is 0 Å². The lowest BCUT2D eigenvalue weighted by Crippen LogP contribution is -2.34. The Kier molecular flexibility index (Phi) is 4.48. The van der Waals surface area contributed by atoms with Crippen LogP contribution in [0, 0.1) is 17.2 Å². The minimum absolute atomic E-state index is 0.142. The molecule has 0 saturated carbocycles. The highest BCUT2D eigenvalue weighted by molar-refractivity contribution is 5.96. The molecular formula is C14H17N3O2. The van der Waals surface area contributed by atoms with E-state index in [0.717, 1.165) is 26.1 Å². The molecule has 1 aliphatic heterocycles. The van der Waals surface area contributed by atoms with Crippen molar-refractivity contribution >= 4 is 5.91 Å². The van der Waals surface area contributed by atoms with E-state index >= 15 is 0 Å². The first-order valence-electron chi connectivity index (χ1n) is 6.39. The maximum atomic E-state index is 12.3. The standard InChI is InChI=1S/C14H17N3O2/c1-17(10-11-3-6-19-7-4-11)14(18)13-9-16-5-2-12(13)8-15/h2,5,9,11H,3-4,6-7,10H2,1H3. The molecule has 0 aliphatic carbocycles. The molecule has 0 atom stereocenters. The second-order valence-electron chi connectivity index (χ2n) is 4.77. The van der Waals surface area contributed by atoms with E-state index in [1.807, 2.05) is 6.07 Å². The fraction of sp³-hybridized carbons (Fsp3) is 0.500. The number of hydrogen-bond donors (Lipinski definition) is 0. The van der Waals surface area contributed by atoms with Gasteiger partial charge in [0.05, 0.1) is 11.1 Å². The first-order chi connectivity index (χ1) is 9.22. The van der Waals surface area contributed by atoms with E-state index in [1.54, 1.807) is 18.0 Å². The Balaban J connectivity index is 2.04. The Morgan fingerprint density at radius 3 is 3.00 bits per heavy atom. The molecule has 0 radical (unpaired) electrons.